The van der Waals surface area contributed by atoms with Crippen molar-refractivity contribution in [1.29, 1.82) is 0 Å². The van der Waals surface area contributed by atoms with Gasteiger partial charge in [0.25, 0.3) is 5.56 Å². The van der Waals surface area contributed by atoms with Crippen LogP contribution in [0.15, 0.2) is 23.8 Å². The molecule has 0 aliphatic carbocycles. The van der Waals surface area contributed by atoms with E-state index in [2.05, 4.69) is 60.1 Å². The second kappa shape index (κ2) is 16.2. The predicted molar refractivity (Wildman–Crippen MR) is 171 cm³/mol. The summed E-state index contributed by atoms with van der Waals surface area (Å²) in [5.41, 5.74) is 8.42. The zero-order valence-corrected chi connectivity index (χ0v) is 25.8. The Balaban J connectivity index is 1.27. The zero-order chi connectivity index (χ0) is 29.7. The second-order valence-electron chi connectivity index (χ2n) is 11.5. The lowest BCUT2D eigenvalue weighted by Gasteiger charge is -2.18. The van der Waals surface area contributed by atoms with E-state index in [1.165, 1.54) is 38.4 Å². The van der Waals surface area contributed by atoms with Crippen LogP contribution in [0.4, 0.5) is 11.8 Å². The SMILES string of the molecule is CCCCCCCC(CCC)n1cnc2c(=O)[nH]c(NCCCCCCC(CCC)n3cnc4c(N)ncnc43)nc21. The largest absolute Gasteiger partial charge is 0.382 e. The highest BCUT2D eigenvalue weighted by Gasteiger charge is 2.18. The van der Waals surface area contributed by atoms with Crippen LogP contribution < -0.4 is 16.6 Å². The molecule has 0 saturated carbocycles. The van der Waals surface area contributed by atoms with E-state index in [1.54, 1.807) is 0 Å². The van der Waals surface area contributed by atoms with E-state index in [9.17, 15) is 4.79 Å². The Labute approximate surface area is 249 Å². The molecule has 0 amide bonds. The molecule has 0 bridgehead atoms. The Morgan fingerprint density at radius 1 is 0.738 bits per heavy atom. The molecule has 4 N–H and O–H groups in total. The van der Waals surface area contributed by atoms with Gasteiger partial charge in [0.2, 0.25) is 5.95 Å². The maximum atomic E-state index is 12.8. The van der Waals surface area contributed by atoms with Gasteiger partial charge in [0.1, 0.15) is 11.8 Å². The van der Waals surface area contributed by atoms with Crippen LogP contribution in [-0.4, -0.2) is 45.6 Å². The normalized spacial score (nSPS) is 13.2. The van der Waals surface area contributed by atoms with E-state index in [0.717, 1.165) is 76.4 Å². The van der Waals surface area contributed by atoms with E-state index in [4.69, 9.17) is 10.7 Å². The van der Waals surface area contributed by atoms with Crippen LogP contribution in [-0.2, 0) is 0 Å². The van der Waals surface area contributed by atoms with E-state index < -0.39 is 0 Å². The maximum absolute atomic E-state index is 12.8. The van der Waals surface area contributed by atoms with E-state index in [-0.39, 0.29) is 5.56 Å². The maximum Gasteiger partial charge on any atom is 0.280 e. The molecule has 42 heavy (non-hydrogen) atoms. The van der Waals surface area contributed by atoms with Crippen molar-refractivity contribution in [2.24, 2.45) is 0 Å². The first-order valence-corrected chi connectivity index (χ1v) is 16.2. The van der Waals surface area contributed by atoms with Gasteiger partial charge in [-0.15, -0.1) is 0 Å². The average molecular weight is 579 g/mol. The number of rotatable bonds is 20. The van der Waals surface area contributed by atoms with Crippen molar-refractivity contribution in [3.8, 4) is 0 Å². The van der Waals surface area contributed by atoms with Gasteiger partial charge in [-0.3, -0.25) is 9.78 Å². The number of aromatic amines is 1. The average Bonchev–Trinajstić information content (AvgIpc) is 3.61. The van der Waals surface area contributed by atoms with Crippen molar-refractivity contribution >= 4 is 34.1 Å². The van der Waals surface area contributed by atoms with Crippen LogP contribution in [0.25, 0.3) is 22.3 Å². The van der Waals surface area contributed by atoms with Crippen LogP contribution in [0.1, 0.15) is 129 Å². The molecule has 0 aromatic carbocycles. The van der Waals surface area contributed by atoms with Gasteiger partial charge in [-0.2, -0.15) is 4.98 Å². The van der Waals surface area contributed by atoms with Gasteiger partial charge in [-0.05, 0) is 32.1 Å². The van der Waals surface area contributed by atoms with Crippen LogP contribution >= 0.6 is 0 Å². The highest BCUT2D eigenvalue weighted by Crippen LogP contribution is 2.27. The lowest BCUT2D eigenvalue weighted by atomic mass is 10.0. The molecule has 4 heterocycles. The van der Waals surface area contributed by atoms with Gasteiger partial charge in [0.05, 0.1) is 12.7 Å². The summed E-state index contributed by atoms with van der Waals surface area (Å²) in [4.78, 5) is 37.8. The summed E-state index contributed by atoms with van der Waals surface area (Å²) in [5.74, 6) is 0.961. The second-order valence-corrected chi connectivity index (χ2v) is 11.5. The van der Waals surface area contributed by atoms with Crippen molar-refractivity contribution in [1.82, 2.24) is 39.0 Å². The fourth-order valence-electron chi connectivity index (χ4n) is 5.97. The Kier molecular flexibility index (Phi) is 12.1. The van der Waals surface area contributed by atoms with E-state index in [0.29, 0.717) is 40.5 Å². The number of fused-ring (bicyclic) bond motifs is 2. The molecule has 11 heteroatoms. The molecule has 4 rings (SSSR count). The molecule has 2 unspecified atom stereocenters. The minimum atomic E-state index is -0.180. The number of hydrogen-bond acceptors (Lipinski definition) is 8. The van der Waals surface area contributed by atoms with Crippen molar-refractivity contribution in [3.05, 3.63) is 29.3 Å². The summed E-state index contributed by atoms with van der Waals surface area (Å²) in [5, 5.41) is 3.35. The number of nitrogens with two attached hydrogens (primary N) is 1. The Bertz CT molecular complexity index is 1420. The summed E-state index contributed by atoms with van der Waals surface area (Å²) < 4.78 is 4.30. The predicted octanol–water partition coefficient (Wildman–Crippen LogP) is 6.95. The van der Waals surface area contributed by atoms with Gasteiger partial charge in [-0.25, -0.2) is 19.9 Å². The quantitative estimate of drug-likeness (QED) is 0.0955. The van der Waals surface area contributed by atoms with Gasteiger partial charge in [-0.1, -0.05) is 85.0 Å². The molecule has 11 nitrogen and oxygen atoms in total. The molecule has 4 aromatic heterocycles. The highest BCUT2D eigenvalue weighted by atomic mass is 16.1. The zero-order valence-electron chi connectivity index (χ0n) is 25.8. The van der Waals surface area contributed by atoms with Gasteiger partial charge >= 0.3 is 0 Å². The summed E-state index contributed by atoms with van der Waals surface area (Å²) in [6.45, 7) is 7.43. The van der Waals surface area contributed by atoms with Crippen LogP contribution in [0, 0.1) is 0 Å². The first-order valence-electron chi connectivity index (χ1n) is 16.2. The lowest BCUT2D eigenvalue weighted by molar-refractivity contribution is 0.415. The number of H-pyrrole nitrogens is 1. The highest BCUT2D eigenvalue weighted by molar-refractivity contribution is 5.81. The minimum absolute atomic E-state index is 0.180. The number of nitrogen functional groups attached to an aromatic ring is 1. The van der Waals surface area contributed by atoms with E-state index >= 15 is 0 Å². The molecule has 0 saturated heterocycles. The Morgan fingerprint density at radius 3 is 2.02 bits per heavy atom. The third kappa shape index (κ3) is 8.07. The number of unbranched alkanes of at least 4 members (excludes halogenated alkanes) is 7. The summed E-state index contributed by atoms with van der Waals surface area (Å²) in [6.07, 6.45) is 22.3. The lowest BCUT2D eigenvalue weighted by Crippen LogP contribution is -2.16. The molecule has 0 aliphatic rings. The van der Waals surface area contributed by atoms with Gasteiger partial charge in [0.15, 0.2) is 22.6 Å². The van der Waals surface area contributed by atoms with Crippen molar-refractivity contribution in [2.75, 3.05) is 17.6 Å². The molecule has 4 aromatic rings. The number of hydrogen-bond donors (Lipinski definition) is 3. The monoisotopic (exact) mass is 578 g/mol. The fourth-order valence-corrected chi connectivity index (χ4v) is 5.97. The van der Waals surface area contributed by atoms with Crippen molar-refractivity contribution in [3.63, 3.8) is 0 Å². The molecular formula is C31H50N10O. The smallest absolute Gasteiger partial charge is 0.280 e. The molecule has 0 fully saturated rings. The summed E-state index contributed by atoms with van der Waals surface area (Å²) in [7, 11) is 0. The topological polar surface area (TPSA) is 145 Å². The first-order chi connectivity index (χ1) is 20.6. The minimum Gasteiger partial charge on any atom is -0.382 e. The standard InChI is InChI=1S/C31H50N10O/c1-4-7-8-9-12-18-24(16-6-3)41-22-37-26-29(41)38-31(39-30(26)42)33-19-14-11-10-13-17-23(15-5-2)40-21-36-25-27(32)34-20-35-28(25)40/h20-24H,4-19H2,1-3H3,(H2,32,34,35)(H2,33,38,39,42). The summed E-state index contributed by atoms with van der Waals surface area (Å²) >= 11 is 0. The third-order valence-electron chi connectivity index (χ3n) is 8.25. The number of imidazole rings is 2. The summed E-state index contributed by atoms with van der Waals surface area (Å²) in [6, 6.07) is 0.677. The molecule has 0 spiro atoms. The number of nitrogens with zero attached hydrogens (tertiary/aromatic N) is 7. The Morgan fingerprint density at radius 2 is 1.36 bits per heavy atom. The number of nitrogens with one attached hydrogen (secondary N) is 2. The van der Waals surface area contributed by atoms with Crippen molar-refractivity contribution < 1.29 is 0 Å². The van der Waals surface area contributed by atoms with Crippen LogP contribution in [0.3, 0.4) is 0 Å². The molecule has 230 valence electrons. The third-order valence-corrected chi connectivity index (χ3v) is 8.25. The van der Waals surface area contributed by atoms with Crippen LogP contribution in [0.5, 0.6) is 0 Å². The van der Waals surface area contributed by atoms with Crippen LogP contribution in [0.2, 0.25) is 0 Å². The van der Waals surface area contributed by atoms with E-state index in [1.807, 2.05) is 12.7 Å². The van der Waals surface area contributed by atoms with Gasteiger partial charge in [0, 0.05) is 18.6 Å². The molecule has 2 atom stereocenters. The molecule has 0 radical (unpaired) electrons. The number of anilines is 2. The van der Waals surface area contributed by atoms with Gasteiger partial charge < -0.3 is 20.2 Å². The molecule has 0 aliphatic heterocycles. The Hall–Kier alpha value is -3.50. The van der Waals surface area contributed by atoms with Crippen molar-refractivity contribution in [2.45, 2.75) is 129 Å². The molecular weight excluding hydrogens is 528 g/mol. The number of aromatic nitrogens is 8. The fraction of sp³-hybridized carbons (Fsp3) is 0.677. The first kappa shape index (κ1) is 31.4.